The molecule has 0 aliphatic carbocycles. The van der Waals surface area contributed by atoms with Crippen LogP contribution >= 0.6 is 23.2 Å². The Morgan fingerprint density at radius 3 is 2.50 bits per heavy atom. The van der Waals surface area contributed by atoms with Crippen LogP contribution in [0.3, 0.4) is 0 Å². The lowest BCUT2D eigenvalue weighted by Gasteiger charge is -2.03. The lowest BCUT2D eigenvalue weighted by atomic mass is 10.1. The van der Waals surface area contributed by atoms with Crippen molar-refractivity contribution in [2.24, 2.45) is 0 Å². The summed E-state index contributed by atoms with van der Waals surface area (Å²) in [6, 6.07) is 5.29. The maximum absolute atomic E-state index is 12.6. The fourth-order valence-electron chi connectivity index (χ4n) is 1.28. The first-order chi connectivity index (χ1) is 7.70. The summed E-state index contributed by atoms with van der Waals surface area (Å²) in [7, 11) is 0. The Labute approximate surface area is 102 Å². The standard InChI is InChI=1S/C11H7Cl2FN2/c12-4-8-3-7(1-2-10(8)13)11-15-5-9(14)6-16-11/h1-3,5-6H,4H2. The van der Waals surface area contributed by atoms with Crippen molar-refractivity contribution in [1.82, 2.24) is 9.97 Å². The van der Waals surface area contributed by atoms with E-state index < -0.39 is 5.82 Å². The van der Waals surface area contributed by atoms with Gasteiger partial charge < -0.3 is 0 Å². The lowest BCUT2D eigenvalue weighted by molar-refractivity contribution is 0.614. The van der Waals surface area contributed by atoms with Gasteiger partial charge in [-0.3, -0.25) is 0 Å². The van der Waals surface area contributed by atoms with Gasteiger partial charge in [0, 0.05) is 16.5 Å². The van der Waals surface area contributed by atoms with Gasteiger partial charge >= 0.3 is 0 Å². The molecule has 0 radical (unpaired) electrons. The SMILES string of the molecule is Fc1cnc(-c2ccc(Cl)c(CCl)c2)nc1. The first-order valence-corrected chi connectivity index (χ1v) is 5.44. The van der Waals surface area contributed by atoms with E-state index in [1.165, 1.54) is 0 Å². The van der Waals surface area contributed by atoms with E-state index in [2.05, 4.69) is 9.97 Å². The highest BCUT2D eigenvalue weighted by molar-refractivity contribution is 6.32. The van der Waals surface area contributed by atoms with Gasteiger partial charge in [0.25, 0.3) is 0 Å². The van der Waals surface area contributed by atoms with E-state index in [1.807, 2.05) is 0 Å². The zero-order valence-corrected chi connectivity index (χ0v) is 9.63. The van der Waals surface area contributed by atoms with Crippen LogP contribution in [0, 0.1) is 5.82 Å². The monoisotopic (exact) mass is 256 g/mol. The molecule has 5 heteroatoms. The molecule has 2 nitrogen and oxygen atoms in total. The number of halogens is 3. The fourth-order valence-corrected chi connectivity index (χ4v) is 1.75. The van der Waals surface area contributed by atoms with Crippen molar-refractivity contribution in [2.75, 3.05) is 0 Å². The Hall–Kier alpha value is -1.19. The van der Waals surface area contributed by atoms with Crippen LogP contribution in [0.1, 0.15) is 5.56 Å². The molecule has 2 rings (SSSR count). The van der Waals surface area contributed by atoms with Crippen LogP contribution < -0.4 is 0 Å². The number of hydrogen-bond acceptors (Lipinski definition) is 2. The van der Waals surface area contributed by atoms with Crippen LogP contribution in [0.15, 0.2) is 30.6 Å². The highest BCUT2D eigenvalue weighted by Gasteiger charge is 2.05. The molecule has 1 aromatic heterocycles. The summed E-state index contributed by atoms with van der Waals surface area (Å²) in [6.07, 6.45) is 2.24. The number of nitrogens with zero attached hydrogens (tertiary/aromatic N) is 2. The molecule has 0 unspecified atom stereocenters. The maximum atomic E-state index is 12.6. The zero-order chi connectivity index (χ0) is 11.5. The first kappa shape index (κ1) is 11.3. The molecule has 2 aromatic rings. The molecule has 82 valence electrons. The van der Waals surface area contributed by atoms with E-state index >= 15 is 0 Å². The van der Waals surface area contributed by atoms with Gasteiger partial charge in [0.1, 0.15) is 0 Å². The second kappa shape index (κ2) is 4.76. The van der Waals surface area contributed by atoms with Gasteiger partial charge in [0.05, 0.1) is 12.4 Å². The third-order valence-electron chi connectivity index (χ3n) is 2.07. The van der Waals surface area contributed by atoms with E-state index in [9.17, 15) is 4.39 Å². The average molecular weight is 257 g/mol. The van der Waals surface area contributed by atoms with Crippen LogP contribution in [-0.2, 0) is 5.88 Å². The van der Waals surface area contributed by atoms with Gasteiger partial charge in [-0.2, -0.15) is 0 Å². The Morgan fingerprint density at radius 2 is 1.88 bits per heavy atom. The fraction of sp³-hybridized carbons (Fsp3) is 0.0909. The third-order valence-corrected chi connectivity index (χ3v) is 2.72. The van der Waals surface area contributed by atoms with Gasteiger partial charge in [0.2, 0.25) is 0 Å². The number of alkyl halides is 1. The van der Waals surface area contributed by atoms with Crippen LogP contribution in [0.5, 0.6) is 0 Å². The molecule has 0 N–H and O–H groups in total. The summed E-state index contributed by atoms with van der Waals surface area (Å²) in [5.41, 5.74) is 1.56. The molecule has 0 aliphatic rings. The minimum absolute atomic E-state index is 0.313. The lowest BCUT2D eigenvalue weighted by Crippen LogP contribution is -1.91. The Kier molecular flexibility index (Phi) is 3.36. The molecule has 0 aliphatic heterocycles. The van der Waals surface area contributed by atoms with Crippen molar-refractivity contribution >= 4 is 23.2 Å². The number of aromatic nitrogens is 2. The molecule has 0 spiro atoms. The molecule has 1 heterocycles. The van der Waals surface area contributed by atoms with Gasteiger partial charge in [-0.15, -0.1) is 11.6 Å². The Balaban J connectivity index is 2.44. The van der Waals surface area contributed by atoms with Crippen molar-refractivity contribution in [3.05, 3.63) is 47.0 Å². The van der Waals surface area contributed by atoms with E-state index in [-0.39, 0.29) is 0 Å². The normalized spacial score (nSPS) is 10.4. The molecule has 0 fully saturated rings. The number of rotatable bonds is 2. The highest BCUT2D eigenvalue weighted by atomic mass is 35.5. The van der Waals surface area contributed by atoms with Gasteiger partial charge in [-0.25, -0.2) is 14.4 Å². The predicted molar refractivity (Wildman–Crippen MR) is 62.0 cm³/mol. The topological polar surface area (TPSA) is 25.8 Å². The average Bonchev–Trinajstić information content (AvgIpc) is 2.31. The van der Waals surface area contributed by atoms with Gasteiger partial charge in [-0.1, -0.05) is 11.6 Å². The molecule has 0 saturated heterocycles. The van der Waals surface area contributed by atoms with Crippen LogP contribution in [0.4, 0.5) is 4.39 Å². The second-order valence-corrected chi connectivity index (χ2v) is 3.84. The van der Waals surface area contributed by atoms with E-state index in [0.717, 1.165) is 23.5 Å². The zero-order valence-electron chi connectivity index (χ0n) is 8.12. The predicted octanol–water partition coefficient (Wildman–Crippen LogP) is 3.67. The molecule has 1 aromatic carbocycles. The molecular formula is C11H7Cl2FN2. The summed E-state index contributed by atoms with van der Waals surface area (Å²) in [6.45, 7) is 0. The van der Waals surface area contributed by atoms with Crippen molar-refractivity contribution in [2.45, 2.75) is 5.88 Å². The highest BCUT2D eigenvalue weighted by Crippen LogP contribution is 2.24. The van der Waals surface area contributed by atoms with Gasteiger partial charge in [-0.05, 0) is 23.8 Å². The molecular weight excluding hydrogens is 250 g/mol. The van der Waals surface area contributed by atoms with Crippen molar-refractivity contribution in [3.63, 3.8) is 0 Å². The smallest absolute Gasteiger partial charge is 0.159 e. The van der Waals surface area contributed by atoms with Crippen molar-refractivity contribution in [3.8, 4) is 11.4 Å². The van der Waals surface area contributed by atoms with Crippen LogP contribution in [0.25, 0.3) is 11.4 Å². The van der Waals surface area contributed by atoms with E-state index in [0.29, 0.717) is 16.7 Å². The molecule has 0 amide bonds. The molecule has 0 bridgehead atoms. The van der Waals surface area contributed by atoms with Crippen LogP contribution in [-0.4, -0.2) is 9.97 Å². The van der Waals surface area contributed by atoms with E-state index in [4.69, 9.17) is 23.2 Å². The molecule has 0 atom stereocenters. The Bertz CT molecular complexity index is 500. The van der Waals surface area contributed by atoms with E-state index in [1.54, 1.807) is 18.2 Å². The maximum Gasteiger partial charge on any atom is 0.159 e. The van der Waals surface area contributed by atoms with Gasteiger partial charge in [0.15, 0.2) is 11.6 Å². The van der Waals surface area contributed by atoms with Crippen molar-refractivity contribution in [1.29, 1.82) is 0 Å². The second-order valence-electron chi connectivity index (χ2n) is 3.16. The molecule has 16 heavy (non-hydrogen) atoms. The largest absolute Gasteiger partial charge is 0.233 e. The van der Waals surface area contributed by atoms with Crippen molar-refractivity contribution < 1.29 is 4.39 Å². The van der Waals surface area contributed by atoms with Crippen LogP contribution in [0.2, 0.25) is 5.02 Å². The summed E-state index contributed by atoms with van der Waals surface area (Å²) in [5.74, 6) is 0.299. The summed E-state index contributed by atoms with van der Waals surface area (Å²) in [5, 5.41) is 0.598. The third kappa shape index (κ3) is 2.31. The minimum Gasteiger partial charge on any atom is -0.233 e. The number of hydrogen-bond donors (Lipinski definition) is 0. The number of benzene rings is 1. The minimum atomic E-state index is -0.463. The summed E-state index contributed by atoms with van der Waals surface area (Å²) < 4.78 is 12.6. The summed E-state index contributed by atoms with van der Waals surface area (Å²) in [4.78, 5) is 7.76. The Morgan fingerprint density at radius 1 is 1.19 bits per heavy atom. The molecule has 0 saturated carbocycles. The summed E-state index contributed by atoms with van der Waals surface area (Å²) >= 11 is 11.7. The quantitative estimate of drug-likeness (QED) is 0.767. The first-order valence-electron chi connectivity index (χ1n) is 4.53.